The van der Waals surface area contributed by atoms with E-state index in [0.717, 1.165) is 17.4 Å². The molecule has 2 rings (SSSR count). The lowest BCUT2D eigenvalue weighted by molar-refractivity contribution is 0.549. The van der Waals surface area contributed by atoms with Crippen molar-refractivity contribution in [3.05, 3.63) is 54.6 Å². The van der Waals surface area contributed by atoms with E-state index in [-0.39, 0.29) is 0 Å². The van der Waals surface area contributed by atoms with Crippen LogP contribution in [0.4, 0.5) is 0 Å². The summed E-state index contributed by atoms with van der Waals surface area (Å²) >= 11 is 8.93. The average molecular weight is 403 g/mol. The standard InChI is InChI=1S/C15H17Br2NS/c1-3-18-14(13-9-15(17)19-10(13)2)8-11-5-4-6-12(16)7-11/h4-7,9,14,18H,3,8H2,1-2H3. The van der Waals surface area contributed by atoms with Crippen molar-refractivity contribution in [2.45, 2.75) is 26.3 Å². The second kappa shape index (κ2) is 7.02. The molecule has 0 aliphatic carbocycles. The molecule has 1 aromatic heterocycles. The van der Waals surface area contributed by atoms with E-state index in [2.05, 4.69) is 81.4 Å². The zero-order chi connectivity index (χ0) is 13.8. The molecule has 1 heterocycles. The Morgan fingerprint density at radius 1 is 1.26 bits per heavy atom. The van der Waals surface area contributed by atoms with Crippen molar-refractivity contribution in [2.75, 3.05) is 6.54 Å². The smallest absolute Gasteiger partial charge is 0.0704 e. The lowest BCUT2D eigenvalue weighted by Gasteiger charge is -2.18. The van der Waals surface area contributed by atoms with Gasteiger partial charge in [-0.3, -0.25) is 0 Å². The van der Waals surface area contributed by atoms with Crippen LogP contribution in [0, 0.1) is 6.92 Å². The summed E-state index contributed by atoms with van der Waals surface area (Å²) in [4.78, 5) is 1.38. The summed E-state index contributed by atoms with van der Waals surface area (Å²) in [5.74, 6) is 0. The number of hydrogen-bond acceptors (Lipinski definition) is 2. The molecule has 0 amide bonds. The molecule has 0 fully saturated rings. The predicted molar refractivity (Wildman–Crippen MR) is 91.0 cm³/mol. The summed E-state index contributed by atoms with van der Waals surface area (Å²) in [7, 11) is 0. The lowest BCUT2D eigenvalue weighted by atomic mass is 9.99. The van der Waals surface area contributed by atoms with Crippen molar-refractivity contribution in [2.24, 2.45) is 0 Å². The van der Waals surface area contributed by atoms with Crippen molar-refractivity contribution in [1.29, 1.82) is 0 Å². The zero-order valence-electron chi connectivity index (χ0n) is 11.0. The summed E-state index contributed by atoms with van der Waals surface area (Å²) in [6.45, 7) is 5.33. The lowest BCUT2D eigenvalue weighted by Crippen LogP contribution is -2.23. The first-order valence-electron chi connectivity index (χ1n) is 6.33. The second-order valence-corrected chi connectivity index (χ2v) is 8.06. The highest BCUT2D eigenvalue weighted by molar-refractivity contribution is 9.11. The van der Waals surface area contributed by atoms with Crippen LogP contribution in [-0.2, 0) is 6.42 Å². The molecule has 19 heavy (non-hydrogen) atoms. The Labute approximate surface area is 135 Å². The molecule has 1 nitrogen and oxygen atoms in total. The fourth-order valence-corrected chi connectivity index (χ4v) is 4.46. The monoisotopic (exact) mass is 401 g/mol. The first-order chi connectivity index (χ1) is 9.10. The Kier molecular flexibility index (Phi) is 5.63. The second-order valence-electron chi connectivity index (χ2n) is 4.51. The van der Waals surface area contributed by atoms with Crippen molar-refractivity contribution in [3.8, 4) is 0 Å². The largest absolute Gasteiger partial charge is 0.310 e. The molecule has 2 aromatic rings. The first kappa shape index (κ1) is 15.2. The molecule has 1 N–H and O–H groups in total. The Balaban J connectivity index is 2.23. The van der Waals surface area contributed by atoms with Gasteiger partial charge in [0.25, 0.3) is 0 Å². The Bertz CT molecular complexity index is 551. The van der Waals surface area contributed by atoms with Crippen LogP contribution in [0.15, 0.2) is 38.6 Å². The number of hydrogen-bond donors (Lipinski definition) is 1. The fraction of sp³-hybridized carbons (Fsp3) is 0.333. The van der Waals surface area contributed by atoms with Gasteiger partial charge in [0.1, 0.15) is 0 Å². The van der Waals surface area contributed by atoms with Crippen molar-refractivity contribution >= 4 is 43.2 Å². The molecule has 0 radical (unpaired) electrons. The third kappa shape index (κ3) is 4.15. The molecule has 0 aliphatic heterocycles. The summed E-state index contributed by atoms with van der Waals surface area (Å²) in [5.41, 5.74) is 2.75. The number of benzene rings is 1. The van der Waals surface area contributed by atoms with Gasteiger partial charge >= 0.3 is 0 Å². The maximum atomic E-state index is 3.59. The third-order valence-corrected chi connectivity index (χ3v) is 5.14. The van der Waals surface area contributed by atoms with E-state index in [9.17, 15) is 0 Å². The summed E-state index contributed by atoms with van der Waals surface area (Å²) in [5, 5.41) is 3.59. The summed E-state index contributed by atoms with van der Waals surface area (Å²) < 4.78 is 2.35. The summed E-state index contributed by atoms with van der Waals surface area (Å²) in [6, 6.07) is 11.2. The Morgan fingerprint density at radius 3 is 2.63 bits per heavy atom. The fourth-order valence-electron chi connectivity index (χ4n) is 2.24. The molecule has 0 saturated heterocycles. The van der Waals surface area contributed by atoms with Gasteiger partial charge in [-0.1, -0.05) is 35.0 Å². The van der Waals surface area contributed by atoms with Crippen LogP contribution in [0.3, 0.4) is 0 Å². The highest BCUT2D eigenvalue weighted by Crippen LogP contribution is 2.32. The molecule has 0 spiro atoms. The van der Waals surface area contributed by atoms with Crippen LogP contribution >= 0.6 is 43.2 Å². The van der Waals surface area contributed by atoms with Gasteiger partial charge in [-0.25, -0.2) is 0 Å². The molecule has 0 saturated carbocycles. The molecule has 4 heteroatoms. The highest BCUT2D eigenvalue weighted by Gasteiger charge is 2.16. The normalized spacial score (nSPS) is 12.6. The van der Waals surface area contributed by atoms with Crippen LogP contribution < -0.4 is 5.32 Å². The van der Waals surface area contributed by atoms with E-state index in [4.69, 9.17) is 0 Å². The molecule has 0 bridgehead atoms. The van der Waals surface area contributed by atoms with Crippen LogP contribution in [0.25, 0.3) is 0 Å². The van der Waals surface area contributed by atoms with E-state index < -0.39 is 0 Å². The maximum Gasteiger partial charge on any atom is 0.0704 e. The SMILES string of the molecule is CCNC(Cc1cccc(Br)c1)c1cc(Br)sc1C. The van der Waals surface area contributed by atoms with E-state index in [0.29, 0.717) is 6.04 Å². The van der Waals surface area contributed by atoms with Crippen molar-refractivity contribution in [1.82, 2.24) is 5.32 Å². The molecule has 1 aromatic carbocycles. The highest BCUT2D eigenvalue weighted by atomic mass is 79.9. The van der Waals surface area contributed by atoms with E-state index >= 15 is 0 Å². The molecular weight excluding hydrogens is 386 g/mol. The van der Waals surface area contributed by atoms with Gasteiger partial charge < -0.3 is 5.32 Å². The van der Waals surface area contributed by atoms with Crippen molar-refractivity contribution < 1.29 is 0 Å². The molecule has 1 atom stereocenters. The number of aryl methyl sites for hydroxylation is 1. The van der Waals surface area contributed by atoms with Crippen LogP contribution in [0.1, 0.15) is 29.0 Å². The quantitative estimate of drug-likeness (QED) is 0.698. The van der Waals surface area contributed by atoms with Crippen LogP contribution in [-0.4, -0.2) is 6.54 Å². The number of rotatable bonds is 5. The molecule has 0 aliphatic rings. The number of thiophene rings is 1. The van der Waals surface area contributed by atoms with Gasteiger partial charge in [-0.05, 0) is 65.1 Å². The number of halogens is 2. The van der Waals surface area contributed by atoms with Crippen LogP contribution in [0.5, 0.6) is 0 Å². The molecule has 102 valence electrons. The third-order valence-electron chi connectivity index (χ3n) is 3.08. The van der Waals surface area contributed by atoms with Gasteiger partial charge in [0.2, 0.25) is 0 Å². The molecule has 1 unspecified atom stereocenters. The average Bonchev–Trinajstić information content (AvgIpc) is 2.68. The maximum absolute atomic E-state index is 3.59. The number of likely N-dealkylation sites (N-methyl/N-ethyl adjacent to an activating group) is 1. The zero-order valence-corrected chi connectivity index (χ0v) is 15.0. The summed E-state index contributed by atoms with van der Waals surface area (Å²) in [6.07, 6.45) is 1.01. The first-order valence-corrected chi connectivity index (χ1v) is 8.74. The van der Waals surface area contributed by atoms with E-state index in [1.807, 2.05) is 0 Å². The Morgan fingerprint density at radius 2 is 2.05 bits per heavy atom. The Hall–Kier alpha value is -0.160. The van der Waals surface area contributed by atoms with E-state index in [1.54, 1.807) is 11.3 Å². The van der Waals surface area contributed by atoms with Gasteiger partial charge in [-0.15, -0.1) is 11.3 Å². The van der Waals surface area contributed by atoms with Gasteiger partial charge in [0.15, 0.2) is 0 Å². The van der Waals surface area contributed by atoms with Crippen molar-refractivity contribution in [3.63, 3.8) is 0 Å². The minimum atomic E-state index is 0.377. The predicted octanol–water partition coefficient (Wildman–Crippen LogP) is 5.47. The van der Waals surface area contributed by atoms with Gasteiger partial charge in [0, 0.05) is 15.4 Å². The van der Waals surface area contributed by atoms with Crippen LogP contribution in [0.2, 0.25) is 0 Å². The number of nitrogens with one attached hydrogen (secondary N) is 1. The van der Waals surface area contributed by atoms with Gasteiger partial charge in [0.05, 0.1) is 3.79 Å². The van der Waals surface area contributed by atoms with E-state index in [1.165, 1.54) is 19.8 Å². The minimum Gasteiger partial charge on any atom is -0.310 e. The topological polar surface area (TPSA) is 12.0 Å². The van der Waals surface area contributed by atoms with Gasteiger partial charge in [-0.2, -0.15) is 0 Å². The molecular formula is C15H17Br2NS. The minimum absolute atomic E-state index is 0.377.